The standard InChI is InChI=1S/C7H7BrO3S/c8-7-2-1-6(12-7)5(10)3-11-4-9/h1-2,9H,3-4H2. The lowest BCUT2D eigenvalue weighted by molar-refractivity contribution is 0.00364. The summed E-state index contributed by atoms with van der Waals surface area (Å²) in [6.45, 7) is -0.484. The summed E-state index contributed by atoms with van der Waals surface area (Å²) >= 11 is 4.60. The molecule has 0 atom stereocenters. The molecular formula is C7H7BrO3S. The van der Waals surface area contributed by atoms with Crippen LogP contribution >= 0.6 is 27.3 Å². The van der Waals surface area contributed by atoms with Crippen molar-refractivity contribution in [1.29, 1.82) is 0 Å². The number of carbonyl (C=O) groups is 1. The molecule has 1 aromatic heterocycles. The quantitative estimate of drug-likeness (QED) is 0.653. The second-order valence-electron chi connectivity index (χ2n) is 2.00. The van der Waals surface area contributed by atoms with Crippen molar-refractivity contribution >= 4 is 33.0 Å². The Labute approximate surface area is 82.1 Å². The van der Waals surface area contributed by atoms with Crippen molar-refractivity contribution in [2.24, 2.45) is 0 Å². The number of halogens is 1. The molecule has 0 aliphatic carbocycles. The normalized spacial score (nSPS) is 10.2. The molecule has 5 heteroatoms. The van der Waals surface area contributed by atoms with Crippen LogP contribution in [0.15, 0.2) is 15.9 Å². The van der Waals surface area contributed by atoms with E-state index in [9.17, 15) is 4.79 Å². The molecule has 66 valence electrons. The van der Waals surface area contributed by atoms with Gasteiger partial charge in [0.1, 0.15) is 13.4 Å². The first-order valence-corrected chi connectivity index (χ1v) is 4.82. The molecule has 0 fully saturated rings. The van der Waals surface area contributed by atoms with E-state index in [1.54, 1.807) is 12.1 Å². The zero-order valence-electron chi connectivity index (χ0n) is 6.12. The van der Waals surface area contributed by atoms with Crippen molar-refractivity contribution < 1.29 is 14.6 Å². The first-order chi connectivity index (χ1) is 5.74. The SMILES string of the molecule is O=C(COCO)c1ccc(Br)s1. The van der Waals surface area contributed by atoms with Crippen molar-refractivity contribution in [3.8, 4) is 0 Å². The van der Waals surface area contributed by atoms with Crippen LogP contribution in [0.25, 0.3) is 0 Å². The fourth-order valence-corrected chi connectivity index (χ4v) is 1.98. The van der Waals surface area contributed by atoms with E-state index in [1.165, 1.54) is 11.3 Å². The highest BCUT2D eigenvalue weighted by atomic mass is 79.9. The highest BCUT2D eigenvalue weighted by molar-refractivity contribution is 9.11. The molecule has 0 aliphatic rings. The topological polar surface area (TPSA) is 46.5 Å². The number of rotatable bonds is 4. The van der Waals surface area contributed by atoms with E-state index >= 15 is 0 Å². The predicted molar refractivity (Wildman–Crippen MR) is 49.4 cm³/mol. The lowest BCUT2D eigenvalue weighted by Crippen LogP contribution is -2.07. The first-order valence-electron chi connectivity index (χ1n) is 3.21. The van der Waals surface area contributed by atoms with Crippen LogP contribution in [0.5, 0.6) is 0 Å². The Hall–Kier alpha value is -0.230. The van der Waals surface area contributed by atoms with Gasteiger partial charge in [-0.1, -0.05) is 0 Å². The van der Waals surface area contributed by atoms with Crippen LogP contribution in [0.1, 0.15) is 9.67 Å². The summed E-state index contributed by atoms with van der Waals surface area (Å²) in [6, 6.07) is 3.52. The summed E-state index contributed by atoms with van der Waals surface area (Å²) in [7, 11) is 0. The van der Waals surface area contributed by atoms with Gasteiger partial charge < -0.3 is 9.84 Å². The van der Waals surface area contributed by atoms with Crippen LogP contribution in [-0.2, 0) is 4.74 Å². The number of thiophene rings is 1. The third kappa shape index (κ3) is 2.67. The number of hydrogen-bond acceptors (Lipinski definition) is 4. The summed E-state index contributed by atoms with van der Waals surface area (Å²) < 4.78 is 5.47. The number of aliphatic hydroxyl groups excluding tert-OH is 1. The van der Waals surface area contributed by atoms with Crippen molar-refractivity contribution in [2.45, 2.75) is 0 Å². The minimum Gasteiger partial charge on any atom is -0.371 e. The monoisotopic (exact) mass is 250 g/mol. The lowest BCUT2D eigenvalue weighted by atomic mass is 10.3. The third-order valence-corrected chi connectivity index (χ3v) is 2.84. The summed E-state index contributed by atoms with van der Waals surface area (Å²) in [5.41, 5.74) is 0. The Bertz CT molecular complexity index is 271. The summed E-state index contributed by atoms with van der Waals surface area (Å²) in [5.74, 6) is -0.111. The molecule has 1 N–H and O–H groups in total. The maximum atomic E-state index is 11.2. The minimum atomic E-state index is -0.418. The molecule has 0 unspecified atom stereocenters. The van der Waals surface area contributed by atoms with Gasteiger partial charge in [-0.3, -0.25) is 4.79 Å². The Morgan fingerprint density at radius 3 is 2.92 bits per heavy atom. The zero-order chi connectivity index (χ0) is 8.97. The van der Waals surface area contributed by atoms with Gasteiger partial charge in [-0.15, -0.1) is 11.3 Å². The molecule has 0 amide bonds. The number of ketones is 1. The van der Waals surface area contributed by atoms with Gasteiger partial charge in [0, 0.05) is 0 Å². The molecule has 0 aliphatic heterocycles. The summed E-state index contributed by atoms with van der Waals surface area (Å²) in [6.07, 6.45) is 0. The van der Waals surface area contributed by atoms with Gasteiger partial charge in [-0.2, -0.15) is 0 Å². The number of ether oxygens (including phenoxy) is 1. The van der Waals surface area contributed by atoms with Crippen molar-refractivity contribution in [3.63, 3.8) is 0 Å². The van der Waals surface area contributed by atoms with Crippen molar-refractivity contribution in [3.05, 3.63) is 20.8 Å². The number of Topliss-reactive ketones (excluding diaryl/α,β-unsaturated/α-hetero) is 1. The number of hydrogen-bond donors (Lipinski definition) is 1. The van der Waals surface area contributed by atoms with Crippen LogP contribution in [0, 0.1) is 0 Å². The number of aliphatic hydroxyl groups is 1. The molecule has 12 heavy (non-hydrogen) atoms. The number of carbonyl (C=O) groups excluding carboxylic acids is 1. The molecule has 0 aromatic carbocycles. The van der Waals surface area contributed by atoms with Gasteiger partial charge in [-0.05, 0) is 28.1 Å². The van der Waals surface area contributed by atoms with E-state index in [2.05, 4.69) is 20.7 Å². The molecular weight excluding hydrogens is 244 g/mol. The molecule has 1 aromatic rings. The molecule has 1 heterocycles. The Morgan fingerprint density at radius 1 is 1.67 bits per heavy atom. The summed E-state index contributed by atoms with van der Waals surface area (Å²) in [4.78, 5) is 11.8. The van der Waals surface area contributed by atoms with Crippen LogP contribution in [0.3, 0.4) is 0 Å². The van der Waals surface area contributed by atoms with Crippen LogP contribution in [0.2, 0.25) is 0 Å². The van der Waals surface area contributed by atoms with E-state index in [1.807, 2.05) is 0 Å². The molecule has 0 spiro atoms. The van der Waals surface area contributed by atoms with Gasteiger partial charge in [0.2, 0.25) is 0 Å². The van der Waals surface area contributed by atoms with Gasteiger partial charge in [0.05, 0.1) is 8.66 Å². The van der Waals surface area contributed by atoms with Crippen LogP contribution in [-0.4, -0.2) is 24.3 Å². The second kappa shape index (κ2) is 4.71. The van der Waals surface area contributed by atoms with Crippen LogP contribution in [0.4, 0.5) is 0 Å². The minimum absolute atomic E-state index is 0.0660. The highest BCUT2D eigenvalue weighted by Crippen LogP contribution is 2.22. The second-order valence-corrected chi connectivity index (χ2v) is 4.47. The fourth-order valence-electron chi connectivity index (χ4n) is 0.674. The molecule has 0 saturated carbocycles. The van der Waals surface area contributed by atoms with Gasteiger partial charge in [0.25, 0.3) is 0 Å². The third-order valence-electron chi connectivity index (χ3n) is 1.17. The molecule has 0 bridgehead atoms. The fraction of sp³-hybridized carbons (Fsp3) is 0.286. The van der Waals surface area contributed by atoms with Crippen molar-refractivity contribution in [1.82, 2.24) is 0 Å². The summed E-state index contributed by atoms with van der Waals surface area (Å²) in [5, 5.41) is 8.29. The average Bonchev–Trinajstić information content (AvgIpc) is 2.47. The lowest BCUT2D eigenvalue weighted by Gasteiger charge is -1.95. The maximum Gasteiger partial charge on any atom is 0.198 e. The van der Waals surface area contributed by atoms with Crippen LogP contribution < -0.4 is 0 Å². The average molecular weight is 251 g/mol. The predicted octanol–water partition coefficient (Wildman–Crippen LogP) is 1.66. The van der Waals surface area contributed by atoms with Crippen molar-refractivity contribution in [2.75, 3.05) is 13.4 Å². The van der Waals surface area contributed by atoms with E-state index in [4.69, 9.17) is 5.11 Å². The van der Waals surface area contributed by atoms with E-state index < -0.39 is 6.79 Å². The van der Waals surface area contributed by atoms with E-state index in [0.717, 1.165) is 3.79 Å². The molecule has 0 radical (unpaired) electrons. The van der Waals surface area contributed by atoms with E-state index in [0.29, 0.717) is 4.88 Å². The smallest absolute Gasteiger partial charge is 0.198 e. The largest absolute Gasteiger partial charge is 0.371 e. The Balaban J connectivity index is 2.53. The molecule has 1 rings (SSSR count). The van der Waals surface area contributed by atoms with Gasteiger partial charge in [0.15, 0.2) is 5.78 Å². The zero-order valence-corrected chi connectivity index (χ0v) is 8.52. The Morgan fingerprint density at radius 2 is 2.42 bits per heavy atom. The Kier molecular flexibility index (Phi) is 3.87. The van der Waals surface area contributed by atoms with Gasteiger partial charge >= 0.3 is 0 Å². The maximum absolute atomic E-state index is 11.2. The molecule has 0 saturated heterocycles. The van der Waals surface area contributed by atoms with E-state index in [-0.39, 0.29) is 12.4 Å². The highest BCUT2D eigenvalue weighted by Gasteiger charge is 2.07. The molecule has 3 nitrogen and oxygen atoms in total. The van der Waals surface area contributed by atoms with Gasteiger partial charge in [-0.25, -0.2) is 0 Å². The first kappa shape index (κ1) is 9.85.